The molecule has 0 amide bonds. The van der Waals surface area contributed by atoms with E-state index in [-0.39, 0.29) is 0 Å². The molecule has 0 radical (unpaired) electrons. The van der Waals surface area contributed by atoms with Crippen LogP contribution in [-0.2, 0) is 0 Å². The number of rotatable bonds is 2. The van der Waals surface area contributed by atoms with Gasteiger partial charge in [-0.3, -0.25) is 0 Å². The van der Waals surface area contributed by atoms with Crippen LogP contribution in [0.5, 0.6) is 0 Å². The lowest BCUT2D eigenvalue weighted by Gasteiger charge is -2.02. The van der Waals surface area contributed by atoms with E-state index in [1.165, 1.54) is 9.79 Å². The van der Waals surface area contributed by atoms with Gasteiger partial charge >= 0.3 is 0 Å². The second-order valence-electron chi connectivity index (χ2n) is 3.01. The first-order chi connectivity index (χ1) is 7.24. The van der Waals surface area contributed by atoms with Gasteiger partial charge in [0.05, 0.1) is 0 Å². The molecular weight excluding hydrogens is 336 g/mol. The van der Waals surface area contributed by atoms with Gasteiger partial charge in [0.25, 0.3) is 0 Å². The lowest BCUT2D eigenvalue weighted by Crippen LogP contribution is -1.73. The second kappa shape index (κ2) is 5.19. The summed E-state index contributed by atoms with van der Waals surface area (Å²) in [6, 6.07) is 16.6. The third kappa shape index (κ3) is 3.37. The van der Waals surface area contributed by atoms with Gasteiger partial charge in [-0.1, -0.05) is 49.7 Å². The third-order valence-corrected chi connectivity index (χ3v) is 3.86. The lowest BCUT2D eigenvalue weighted by molar-refractivity contribution is 1.39. The maximum absolute atomic E-state index is 3.47. The van der Waals surface area contributed by atoms with E-state index in [1.807, 2.05) is 12.1 Å². The molecular formula is C12H8Br2S. The molecule has 0 nitrogen and oxygen atoms in total. The van der Waals surface area contributed by atoms with Crippen molar-refractivity contribution in [3.63, 3.8) is 0 Å². The van der Waals surface area contributed by atoms with Gasteiger partial charge in [0.15, 0.2) is 0 Å². The normalized spacial score (nSPS) is 10.3. The van der Waals surface area contributed by atoms with Crippen LogP contribution < -0.4 is 0 Å². The third-order valence-electron chi connectivity index (χ3n) is 1.85. The van der Waals surface area contributed by atoms with E-state index in [9.17, 15) is 0 Å². The van der Waals surface area contributed by atoms with Gasteiger partial charge in [0, 0.05) is 18.7 Å². The minimum Gasteiger partial charge on any atom is -0.0901 e. The van der Waals surface area contributed by atoms with E-state index in [0.29, 0.717) is 0 Å². The monoisotopic (exact) mass is 342 g/mol. The molecule has 0 N–H and O–H groups in total. The Morgan fingerprint density at radius 3 is 2.13 bits per heavy atom. The van der Waals surface area contributed by atoms with E-state index >= 15 is 0 Å². The molecule has 0 fully saturated rings. The van der Waals surface area contributed by atoms with Crippen molar-refractivity contribution in [2.45, 2.75) is 9.79 Å². The minimum atomic E-state index is 1.11. The predicted octanol–water partition coefficient (Wildman–Crippen LogP) is 5.36. The zero-order valence-electron chi connectivity index (χ0n) is 7.78. The fourth-order valence-electron chi connectivity index (χ4n) is 1.17. The molecule has 0 heterocycles. The SMILES string of the molecule is Brc1ccc(Sc2cccc(Br)c2)cc1. The summed E-state index contributed by atoms with van der Waals surface area (Å²) >= 11 is 8.65. The molecule has 3 heteroatoms. The van der Waals surface area contributed by atoms with Gasteiger partial charge < -0.3 is 0 Å². The first-order valence-electron chi connectivity index (χ1n) is 4.43. The molecule has 15 heavy (non-hydrogen) atoms. The average molecular weight is 344 g/mol. The fraction of sp³-hybridized carbons (Fsp3) is 0. The van der Waals surface area contributed by atoms with Gasteiger partial charge in [0.1, 0.15) is 0 Å². The highest BCUT2D eigenvalue weighted by atomic mass is 79.9. The van der Waals surface area contributed by atoms with Gasteiger partial charge in [-0.15, -0.1) is 0 Å². The van der Waals surface area contributed by atoms with Gasteiger partial charge in [0.2, 0.25) is 0 Å². The summed E-state index contributed by atoms with van der Waals surface area (Å²) in [5.74, 6) is 0. The standard InChI is InChI=1S/C12H8Br2S/c13-9-4-6-11(7-5-9)15-12-3-1-2-10(14)8-12/h1-8H. The zero-order valence-corrected chi connectivity index (χ0v) is 11.8. The Bertz CT molecular complexity index is 451. The molecule has 0 aliphatic carbocycles. The number of hydrogen-bond donors (Lipinski definition) is 0. The van der Waals surface area contributed by atoms with Crippen LogP contribution in [0.3, 0.4) is 0 Å². The Morgan fingerprint density at radius 2 is 1.47 bits per heavy atom. The van der Waals surface area contributed by atoms with Crippen LogP contribution in [-0.4, -0.2) is 0 Å². The molecule has 2 aromatic rings. The van der Waals surface area contributed by atoms with E-state index in [1.54, 1.807) is 11.8 Å². The maximum atomic E-state index is 3.47. The predicted molar refractivity (Wildman–Crippen MR) is 72.4 cm³/mol. The van der Waals surface area contributed by atoms with Crippen LogP contribution in [0, 0.1) is 0 Å². The summed E-state index contributed by atoms with van der Waals surface area (Å²) in [6.07, 6.45) is 0. The average Bonchev–Trinajstić information content (AvgIpc) is 2.22. The van der Waals surface area contributed by atoms with Crippen molar-refractivity contribution in [2.24, 2.45) is 0 Å². The van der Waals surface area contributed by atoms with Crippen LogP contribution in [0.15, 0.2) is 67.3 Å². The molecule has 2 aromatic carbocycles. The van der Waals surface area contributed by atoms with Crippen molar-refractivity contribution >= 4 is 43.6 Å². The topological polar surface area (TPSA) is 0 Å². The Labute approximate surface area is 110 Å². The first-order valence-corrected chi connectivity index (χ1v) is 6.83. The largest absolute Gasteiger partial charge is 0.0901 e. The summed E-state index contributed by atoms with van der Waals surface area (Å²) in [5.41, 5.74) is 0. The van der Waals surface area contributed by atoms with E-state index in [4.69, 9.17) is 0 Å². The highest BCUT2D eigenvalue weighted by Crippen LogP contribution is 2.30. The highest BCUT2D eigenvalue weighted by Gasteiger charge is 1.97. The van der Waals surface area contributed by atoms with E-state index < -0.39 is 0 Å². The van der Waals surface area contributed by atoms with Crippen molar-refractivity contribution in [3.8, 4) is 0 Å². The summed E-state index contributed by atoms with van der Waals surface area (Å²) in [4.78, 5) is 2.49. The molecule has 0 atom stereocenters. The van der Waals surface area contributed by atoms with Crippen LogP contribution in [0.4, 0.5) is 0 Å². The molecule has 0 aromatic heterocycles. The highest BCUT2D eigenvalue weighted by molar-refractivity contribution is 9.10. The maximum Gasteiger partial charge on any atom is 0.0186 e. The Kier molecular flexibility index (Phi) is 3.89. The van der Waals surface area contributed by atoms with Gasteiger partial charge in [-0.05, 0) is 42.5 Å². The number of halogens is 2. The number of benzene rings is 2. The second-order valence-corrected chi connectivity index (χ2v) is 5.99. The molecule has 0 saturated carbocycles. The minimum absolute atomic E-state index is 1.11. The van der Waals surface area contributed by atoms with Crippen LogP contribution in [0.2, 0.25) is 0 Å². The lowest BCUT2D eigenvalue weighted by atomic mass is 10.4. The van der Waals surface area contributed by atoms with Crippen molar-refractivity contribution < 1.29 is 0 Å². The van der Waals surface area contributed by atoms with Crippen LogP contribution in [0.25, 0.3) is 0 Å². The fourth-order valence-corrected chi connectivity index (χ4v) is 2.86. The van der Waals surface area contributed by atoms with Crippen molar-refractivity contribution in [2.75, 3.05) is 0 Å². The molecule has 0 bridgehead atoms. The smallest absolute Gasteiger partial charge is 0.0186 e. The summed E-state index contributed by atoms with van der Waals surface area (Å²) in [5, 5.41) is 0. The molecule has 0 spiro atoms. The van der Waals surface area contributed by atoms with E-state index in [2.05, 4.69) is 68.3 Å². The summed E-state index contributed by atoms with van der Waals surface area (Å²) in [7, 11) is 0. The summed E-state index contributed by atoms with van der Waals surface area (Å²) in [6.45, 7) is 0. The van der Waals surface area contributed by atoms with Crippen molar-refractivity contribution in [1.82, 2.24) is 0 Å². The van der Waals surface area contributed by atoms with Crippen LogP contribution >= 0.6 is 43.6 Å². The molecule has 0 aliphatic heterocycles. The summed E-state index contributed by atoms with van der Waals surface area (Å²) < 4.78 is 2.23. The Hall–Kier alpha value is -0.250. The van der Waals surface area contributed by atoms with Crippen molar-refractivity contribution in [1.29, 1.82) is 0 Å². The zero-order chi connectivity index (χ0) is 10.7. The quantitative estimate of drug-likeness (QED) is 0.707. The Balaban J connectivity index is 2.18. The molecule has 2 rings (SSSR count). The first kappa shape index (κ1) is 11.2. The van der Waals surface area contributed by atoms with Crippen molar-refractivity contribution in [3.05, 3.63) is 57.5 Å². The molecule has 0 unspecified atom stereocenters. The van der Waals surface area contributed by atoms with Crippen LogP contribution in [0.1, 0.15) is 0 Å². The van der Waals surface area contributed by atoms with Gasteiger partial charge in [-0.25, -0.2) is 0 Å². The number of hydrogen-bond acceptors (Lipinski definition) is 1. The molecule has 0 saturated heterocycles. The molecule has 76 valence electrons. The van der Waals surface area contributed by atoms with E-state index in [0.717, 1.165) is 8.95 Å². The molecule has 0 aliphatic rings. The Morgan fingerprint density at radius 1 is 0.733 bits per heavy atom. The van der Waals surface area contributed by atoms with Gasteiger partial charge in [-0.2, -0.15) is 0 Å².